The minimum atomic E-state index is 0.425. The van der Waals surface area contributed by atoms with Crippen LogP contribution in [0.15, 0.2) is 0 Å². The molecule has 0 radical (unpaired) electrons. The van der Waals surface area contributed by atoms with Crippen molar-refractivity contribution in [3.63, 3.8) is 0 Å². The maximum Gasteiger partial charge on any atom is 0.135 e. The van der Waals surface area contributed by atoms with Gasteiger partial charge in [-0.15, -0.1) is 0 Å². The molecule has 0 aromatic carbocycles. The molecule has 0 N–H and O–H groups in total. The molecule has 1 atom stereocenters. The molecule has 16 heavy (non-hydrogen) atoms. The van der Waals surface area contributed by atoms with Crippen LogP contribution in [0.3, 0.4) is 0 Å². The topological polar surface area (TPSA) is 17.1 Å². The molecule has 1 aliphatic carbocycles. The van der Waals surface area contributed by atoms with E-state index in [1.165, 1.54) is 64.2 Å². The summed E-state index contributed by atoms with van der Waals surface area (Å²) in [6.45, 7) is 2.25. The molecule has 1 heteroatoms. The van der Waals surface area contributed by atoms with Crippen LogP contribution in [0.25, 0.3) is 0 Å². The summed E-state index contributed by atoms with van der Waals surface area (Å²) < 4.78 is 0. The van der Waals surface area contributed by atoms with Crippen molar-refractivity contribution in [2.24, 2.45) is 5.92 Å². The summed E-state index contributed by atoms with van der Waals surface area (Å²) in [4.78, 5) is 11.8. The van der Waals surface area contributed by atoms with E-state index in [4.69, 9.17) is 0 Å². The molecule has 0 bridgehead atoms. The third-order valence-electron chi connectivity index (χ3n) is 3.84. The van der Waals surface area contributed by atoms with Crippen molar-refractivity contribution in [3.05, 3.63) is 0 Å². The van der Waals surface area contributed by atoms with Crippen LogP contribution in [0.5, 0.6) is 0 Å². The van der Waals surface area contributed by atoms with E-state index in [1.807, 2.05) is 0 Å². The van der Waals surface area contributed by atoms with Crippen molar-refractivity contribution in [2.75, 3.05) is 0 Å². The number of carbonyl (C=O) groups is 1. The van der Waals surface area contributed by atoms with E-state index < -0.39 is 0 Å². The third kappa shape index (κ3) is 5.67. The first-order valence-electron chi connectivity index (χ1n) is 7.37. The highest BCUT2D eigenvalue weighted by molar-refractivity contribution is 5.81. The van der Waals surface area contributed by atoms with Crippen LogP contribution in [0.4, 0.5) is 0 Å². The van der Waals surface area contributed by atoms with Gasteiger partial charge < -0.3 is 0 Å². The highest BCUT2D eigenvalue weighted by Gasteiger charge is 2.19. The Balaban J connectivity index is 2.04. The molecule has 1 nitrogen and oxygen atoms in total. The molecule has 94 valence electrons. The Morgan fingerprint density at radius 2 is 1.75 bits per heavy atom. The second kappa shape index (κ2) is 8.78. The first kappa shape index (κ1) is 13.7. The van der Waals surface area contributed by atoms with Gasteiger partial charge in [0.25, 0.3) is 0 Å². The average Bonchev–Trinajstić information content (AvgIpc) is 2.49. The fraction of sp³-hybridized carbons (Fsp3) is 0.933. The minimum Gasteiger partial charge on any atom is -0.299 e. The second-order valence-electron chi connectivity index (χ2n) is 5.32. The van der Waals surface area contributed by atoms with Crippen LogP contribution in [0, 0.1) is 5.92 Å². The monoisotopic (exact) mass is 224 g/mol. The van der Waals surface area contributed by atoms with E-state index in [1.54, 1.807) is 0 Å². The Hall–Kier alpha value is -0.330. The Morgan fingerprint density at radius 1 is 1.00 bits per heavy atom. The molecule has 0 amide bonds. The maximum atomic E-state index is 11.8. The van der Waals surface area contributed by atoms with Crippen LogP contribution in [-0.2, 0) is 4.79 Å². The Kier molecular flexibility index (Phi) is 7.54. The normalized spacial score (nSPS) is 22.1. The largest absolute Gasteiger partial charge is 0.299 e. The molecule has 0 heterocycles. The van der Waals surface area contributed by atoms with E-state index in [2.05, 4.69) is 6.92 Å². The first-order valence-corrected chi connectivity index (χ1v) is 7.37. The summed E-state index contributed by atoms with van der Waals surface area (Å²) in [7, 11) is 0. The van der Waals surface area contributed by atoms with E-state index in [0.717, 1.165) is 12.8 Å². The lowest BCUT2D eigenvalue weighted by Gasteiger charge is -2.12. The van der Waals surface area contributed by atoms with Gasteiger partial charge in [0.2, 0.25) is 0 Å². The minimum absolute atomic E-state index is 0.425. The van der Waals surface area contributed by atoms with Crippen LogP contribution in [0.1, 0.15) is 84.0 Å². The van der Waals surface area contributed by atoms with Crippen molar-refractivity contribution in [2.45, 2.75) is 84.0 Å². The molecule has 0 spiro atoms. The Morgan fingerprint density at radius 3 is 2.56 bits per heavy atom. The van der Waals surface area contributed by atoms with Crippen LogP contribution >= 0.6 is 0 Å². The smallest absolute Gasteiger partial charge is 0.135 e. The highest BCUT2D eigenvalue weighted by atomic mass is 16.1. The molecule has 0 aromatic rings. The van der Waals surface area contributed by atoms with Gasteiger partial charge in [0.05, 0.1) is 0 Å². The molecule has 0 aromatic heterocycles. The van der Waals surface area contributed by atoms with Gasteiger partial charge in [-0.1, -0.05) is 58.3 Å². The van der Waals surface area contributed by atoms with Gasteiger partial charge >= 0.3 is 0 Å². The fourth-order valence-electron chi connectivity index (χ4n) is 2.71. The molecular weight excluding hydrogens is 196 g/mol. The zero-order chi connectivity index (χ0) is 11.6. The number of Topliss-reactive ketones (excluding diaryl/α,β-unsaturated/α-hetero) is 1. The Bertz CT molecular complexity index is 186. The second-order valence-corrected chi connectivity index (χ2v) is 5.32. The number of unbranched alkanes of at least 4 members (excludes halogenated alkanes) is 5. The number of hydrogen-bond acceptors (Lipinski definition) is 1. The summed E-state index contributed by atoms with van der Waals surface area (Å²) >= 11 is 0. The summed E-state index contributed by atoms with van der Waals surface area (Å²) in [6, 6.07) is 0. The number of ketones is 1. The molecule has 1 aliphatic rings. The van der Waals surface area contributed by atoms with Gasteiger partial charge in [-0.25, -0.2) is 0 Å². The van der Waals surface area contributed by atoms with Gasteiger partial charge in [-0.05, 0) is 19.3 Å². The van der Waals surface area contributed by atoms with Crippen molar-refractivity contribution >= 4 is 5.78 Å². The van der Waals surface area contributed by atoms with E-state index >= 15 is 0 Å². The molecule has 1 rings (SSSR count). The summed E-state index contributed by atoms with van der Waals surface area (Å²) in [5.41, 5.74) is 0. The van der Waals surface area contributed by atoms with Gasteiger partial charge in [0, 0.05) is 12.3 Å². The average molecular weight is 224 g/mol. The van der Waals surface area contributed by atoms with Crippen molar-refractivity contribution in [3.8, 4) is 0 Å². The van der Waals surface area contributed by atoms with Crippen LogP contribution < -0.4 is 0 Å². The van der Waals surface area contributed by atoms with Gasteiger partial charge in [-0.3, -0.25) is 4.79 Å². The third-order valence-corrected chi connectivity index (χ3v) is 3.84. The first-order chi connectivity index (χ1) is 7.84. The lowest BCUT2D eigenvalue weighted by molar-refractivity contribution is -0.122. The molecule has 1 unspecified atom stereocenters. The van der Waals surface area contributed by atoms with Crippen LogP contribution in [-0.4, -0.2) is 5.78 Å². The molecule has 0 saturated heterocycles. The molecule has 1 fully saturated rings. The SMILES string of the molecule is CCCCCCCCC1CCCCCC1=O. The standard InChI is InChI=1S/C15H28O/c1-2-3-4-5-6-8-11-14-12-9-7-10-13-15(14)16/h14H,2-13H2,1H3. The van der Waals surface area contributed by atoms with E-state index in [0.29, 0.717) is 11.7 Å². The van der Waals surface area contributed by atoms with Gasteiger partial charge in [0.15, 0.2) is 0 Å². The number of rotatable bonds is 7. The van der Waals surface area contributed by atoms with E-state index in [9.17, 15) is 4.79 Å². The quantitative estimate of drug-likeness (QED) is 0.444. The lowest BCUT2D eigenvalue weighted by atomic mass is 9.92. The Labute approximate surface area is 101 Å². The summed E-state index contributed by atoms with van der Waals surface area (Å²) in [5.74, 6) is 0.986. The number of carbonyl (C=O) groups excluding carboxylic acids is 1. The van der Waals surface area contributed by atoms with Crippen molar-refractivity contribution in [1.82, 2.24) is 0 Å². The lowest BCUT2D eigenvalue weighted by Crippen LogP contribution is -2.12. The summed E-state index contributed by atoms with van der Waals surface area (Å²) in [5, 5.41) is 0. The zero-order valence-corrected chi connectivity index (χ0v) is 11.0. The zero-order valence-electron chi connectivity index (χ0n) is 11.0. The van der Waals surface area contributed by atoms with Gasteiger partial charge in [-0.2, -0.15) is 0 Å². The number of hydrogen-bond donors (Lipinski definition) is 0. The van der Waals surface area contributed by atoms with Crippen molar-refractivity contribution in [1.29, 1.82) is 0 Å². The molecule has 1 saturated carbocycles. The maximum absolute atomic E-state index is 11.8. The van der Waals surface area contributed by atoms with Crippen molar-refractivity contribution < 1.29 is 4.79 Å². The highest BCUT2D eigenvalue weighted by Crippen LogP contribution is 2.24. The summed E-state index contributed by atoms with van der Waals surface area (Å²) in [6.07, 6.45) is 15.0. The molecular formula is C15H28O. The predicted molar refractivity (Wildman–Crippen MR) is 69.6 cm³/mol. The molecule has 0 aliphatic heterocycles. The van der Waals surface area contributed by atoms with E-state index in [-0.39, 0.29) is 0 Å². The van der Waals surface area contributed by atoms with Crippen LogP contribution in [0.2, 0.25) is 0 Å². The predicted octanol–water partition coefficient (Wildman–Crippen LogP) is 4.89. The fourth-order valence-corrected chi connectivity index (χ4v) is 2.71. The van der Waals surface area contributed by atoms with Gasteiger partial charge in [0.1, 0.15) is 5.78 Å².